The highest BCUT2D eigenvalue weighted by molar-refractivity contribution is 6.02. The van der Waals surface area contributed by atoms with Crippen LogP contribution in [0.2, 0.25) is 0 Å². The van der Waals surface area contributed by atoms with Gasteiger partial charge in [-0.25, -0.2) is 18.6 Å². The first-order valence-corrected chi connectivity index (χ1v) is 7.77. The molecule has 3 aromatic heterocycles. The van der Waals surface area contributed by atoms with Gasteiger partial charge in [0, 0.05) is 29.6 Å². The quantitative estimate of drug-likeness (QED) is 0.518. The smallest absolute Gasteiger partial charge is 0.342 e. The summed E-state index contributed by atoms with van der Waals surface area (Å²) in [5.41, 5.74) is 0.933. The maximum absolute atomic E-state index is 13.9. The molecule has 9 heteroatoms. The fourth-order valence-corrected chi connectivity index (χ4v) is 2.81. The highest BCUT2D eigenvalue weighted by Gasteiger charge is 2.26. The van der Waals surface area contributed by atoms with E-state index in [0.29, 0.717) is 5.56 Å². The van der Waals surface area contributed by atoms with Gasteiger partial charge in [-0.15, -0.1) is 0 Å². The Labute approximate surface area is 151 Å². The third-order valence-electron chi connectivity index (χ3n) is 3.89. The van der Waals surface area contributed by atoms with E-state index in [1.54, 1.807) is 18.3 Å². The van der Waals surface area contributed by atoms with Crippen LogP contribution in [0.1, 0.15) is 10.4 Å². The lowest BCUT2D eigenvalue weighted by Crippen LogP contribution is -2.13. The lowest BCUT2D eigenvalue weighted by atomic mass is 10.0. The number of benzene rings is 1. The summed E-state index contributed by atoms with van der Waals surface area (Å²) in [7, 11) is 1.21. The number of halogens is 2. The first-order chi connectivity index (χ1) is 13.1. The van der Waals surface area contributed by atoms with Crippen molar-refractivity contribution < 1.29 is 18.3 Å². The standard InChI is InChI=1S/C18H11F2N5O2/c1-27-17(26)14-15(10-3-2-4-21-8-10)24-18-22-9-23-25(18)16(14)11-5-12(19)7-13(20)6-11/h2-9H,1H3. The van der Waals surface area contributed by atoms with Gasteiger partial charge in [-0.3, -0.25) is 4.98 Å². The number of fused-ring (bicyclic) bond motifs is 1. The van der Waals surface area contributed by atoms with Gasteiger partial charge in [0.2, 0.25) is 0 Å². The molecule has 0 amide bonds. The third kappa shape index (κ3) is 2.88. The summed E-state index contributed by atoms with van der Waals surface area (Å²) in [6.07, 6.45) is 4.31. The van der Waals surface area contributed by atoms with E-state index in [4.69, 9.17) is 4.74 Å². The molecular weight excluding hydrogens is 356 g/mol. The van der Waals surface area contributed by atoms with E-state index in [0.717, 1.165) is 18.2 Å². The molecule has 1 aromatic carbocycles. The molecule has 4 rings (SSSR count). The second-order valence-corrected chi connectivity index (χ2v) is 5.55. The van der Waals surface area contributed by atoms with Gasteiger partial charge < -0.3 is 4.74 Å². The van der Waals surface area contributed by atoms with Crippen LogP contribution in [-0.2, 0) is 4.74 Å². The zero-order chi connectivity index (χ0) is 19.0. The molecule has 3 heterocycles. The van der Waals surface area contributed by atoms with Crippen LogP contribution < -0.4 is 0 Å². The molecule has 0 aliphatic rings. The van der Waals surface area contributed by atoms with E-state index in [2.05, 4.69) is 20.1 Å². The highest BCUT2D eigenvalue weighted by atomic mass is 19.1. The van der Waals surface area contributed by atoms with E-state index in [1.165, 1.54) is 24.1 Å². The molecule has 0 saturated carbocycles. The minimum absolute atomic E-state index is 0.00602. The topological polar surface area (TPSA) is 82.3 Å². The third-order valence-corrected chi connectivity index (χ3v) is 3.89. The summed E-state index contributed by atoms with van der Waals surface area (Å²) in [5, 5.41) is 4.04. The molecule has 0 unspecified atom stereocenters. The first kappa shape index (κ1) is 16.7. The molecule has 0 atom stereocenters. The summed E-state index contributed by atoms with van der Waals surface area (Å²) in [5.74, 6) is -2.18. The Morgan fingerprint density at radius 1 is 1.15 bits per heavy atom. The number of carbonyl (C=O) groups excluding carboxylic acids is 1. The fraction of sp³-hybridized carbons (Fsp3) is 0.0556. The van der Waals surface area contributed by atoms with Crippen LogP contribution >= 0.6 is 0 Å². The molecule has 0 bridgehead atoms. The maximum Gasteiger partial charge on any atom is 0.342 e. The van der Waals surface area contributed by atoms with Crippen molar-refractivity contribution in [1.82, 2.24) is 24.6 Å². The molecule has 4 aromatic rings. The van der Waals surface area contributed by atoms with Crippen molar-refractivity contribution in [2.75, 3.05) is 7.11 Å². The van der Waals surface area contributed by atoms with Crippen LogP contribution in [0.25, 0.3) is 28.3 Å². The zero-order valence-corrected chi connectivity index (χ0v) is 13.9. The Morgan fingerprint density at radius 2 is 1.93 bits per heavy atom. The van der Waals surface area contributed by atoms with E-state index in [1.807, 2.05) is 0 Å². The Bertz CT molecular complexity index is 1140. The number of nitrogens with zero attached hydrogens (tertiary/aromatic N) is 5. The normalized spacial score (nSPS) is 10.9. The van der Waals surface area contributed by atoms with Gasteiger partial charge >= 0.3 is 5.97 Å². The summed E-state index contributed by atoms with van der Waals surface area (Å²) in [6, 6.07) is 6.30. The predicted octanol–water partition coefficient (Wildman–Crippen LogP) is 2.92. The molecule has 0 aliphatic carbocycles. The number of esters is 1. The number of ether oxygens (including phenoxy) is 1. The van der Waals surface area contributed by atoms with Crippen LogP contribution in [-0.4, -0.2) is 37.6 Å². The van der Waals surface area contributed by atoms with Crippen LogP contribution in [0.3, 0.4) is 0 Å². The summed E-state index contributed by atoms with van der Waals surface area (Å²) >= 11 is 0. The lowest BCUT2D eigenvalue weighted by molar-refractivity contribution is 0.0601. The number of hydrogen-bond acceptors (Lipinski definition) is 6. The van der Waals surface area contributed by atoms with Gasteiger partial charge in [0.05, 0.1) is 18.5 Å². The number of aromatic nitrogens is 5. The number of carbonyl (C=O) groups is 1. The summed E-state index contributed by atoms with van der Waals surface area (Å²) < 4.78 is 33.8. The molecule has 0 N–H and O–H groups in total. The Kier molecular flexibility index (Phi) is 4.03. The van der Waals surface area contributed by atoms with Gasteiger partial charge in [-0.05, 0) is 24.3 Å². The minimum atomic E-state index is -0.797. The van der Waals surface area contributed by atoms with Gasteiger partial charge in [-0.2, -0.15) is 14.6 Å². The number of rotatable bonds is 3. The van der Waals surface area contributed by atoms with Crippen molar-refractivity contribution in [3.8, 4) is 22.5 Å². The molecule has 0 radical (unpaired) electrons. The van der Waals surface area contributed by atoms with E-state index in [9.17, 15) is 13.6 Å². The van der Waals surface area contributed by atoms with E-state index >= 15 is 0 Å². The van der Waals surface area contributed by atoms with Crippen molar-refractivity contribution in [1.29, 1.82) is 0 Å². The Hall–Kier alpha value is -3.75. The minimum Gasteiger partial charge on any atom is -0.465 e. The van der Waals surface area contributed by atoms with Crippen LogP contribution in [0.4, 0.5) is 8.78 Å². The molecular formula is C18H11F2N5O2. The number of pyridine rings is 1. The van der Waals surface area contributed by atoms with Crippen molar-refractivity contribution in [2.45, 2.75) is 0 Å². The average Bonchev–Trinajstić information content (AvgIpc) is 3.14. The largest absolute Gasteiger partial charge is 0.465 e. The van der Waals surface area contributed by atoms with Gasteiger partial charge in [0.1, 0.15) is 23.5 Å². The SMILES string of the molecule is COC(=O)c1c(-c2cccnc2)nc2ncnn2c1-c1cc(F)cc(F)c1. The molecule has 0 saturated heterocycles. The van der Waals surface area contributed by atoms with Crippen molar-refractivity contribution in [2.24, 2.45) is 0 Å². The van der Waals surface area contributed by atoms with Gasteiger partial charge in [-0.1, -0.05) is 0 Å². The predicted molar refractivity (Wildman–Crippen MR) is 90.7 cm³/mol. The van der Waals surface area contributed by atoms with E-state index in [-0.39, 0.29) is 28.3 Å². The van der Waals surface area contributed by atoms with E-state index < -0.39 is 17.6 Å². The lowest BCUT2D eigenvalue weighted by Gasteiger charge is -2.14. The van der Waals surface area contributed by atoms with Crippen LogP contribution in [0.5, 0.6) is 0 Å². The molecule has 134 valence electrons. The van der Waals surface area contributed by atoms with Crippen LogP contribution in [0, 0.1) is 11.6 Å². The number of methoxy groups -OCH3 is 1. The second-order valence-electron chi connectivity index (χ2n) is 5.55. The Balaban J connectivity index is 2.15. The highest BCUT2D eigenvalue weighted by Crippen LogP contribution is 2.32. The molecule has 0 spiro atoms. The van der Waals surface area contributed by atoms with Crippen molar-refractivity contribution in [3.05, 3.63) is 66.3 Å². The molecule has 27 heavy (non-hydrogen) atoms. The van der Waals surface area contributed by atoms with Gasteiger partial charge in [0.15, 0.2) is 0 Å². The summed E-state index contributed by atoms with van der Waals surface area (Å²) in [6.45, 7) is 0. The fourth-order valence-electron chi connectivity index (χ4n) is 2.81. The van der Waals surface area contributed by atoms with Crippen LogP contribution in [0.15, 0.2) is 49.1 Å². The summed E-state index contributed by atoms with van der Waals surface area (Å²) in [4.78, 5) is 25.0. The molecule has 7 nitrogen and oxygen atoms in total. The van der Waals surface area contributed by atoms with Crippen molar-refractivity contribution >= 4 is 11.7 Å². The molecule has 0 aliphatic heterocycles. The number of hydrogen-bond donors (Lipinski definition) is 0. The zero-order valence-electron chi connectivity index (χ0n) is 13.9. The first-order valence-electron chi connectivity index (χ1n) is 7.77. The second kappa shape index (κ2) is 6.52. The van der Waals surface area contributed by atoms with Crippen molar-refractivity contribution in [3.63, 3.8) is 0 Å². The van der Waals surface area contributed by atoms with Gasteiger partial charge in [0.25, 0.3) is 5.78 Å². The Morgan fingerprint density at radius 3 is 2.59 bits per heavy atom. The average molecular weight is 367 g/mol. The maximum atomic E-state index is 13.9. The monoisotopic (exact) mass is 367 g/mol. The molecule has 0 fully saturated rings.